The largest absolute Gasteiger partial charge is 0.351 e. The number of nitrogens with one attached hydrogen (secondary N) is 1. The lowest BCUT2D eigenvalue weighted by Gasteiger charge is -2.24. The molecule has 0 aliphatic heterocycles. The summed E-state index contributed by atoms with van der Waals surface area (Å²) < 4.78 is 0. The van der Waals surface area contributed by atoms with Crippen LogP contribution in [-0.2, 0) is 17.9 Å². The number of hydrogen-bond donors (Lipinski definition) is 1. The van der Waals surface area contributed by atoms with E-state index < -0.39 is 0 Å². The van der Waals surface area contributed by atoms with E-state index in [9.17, 15) is 4.79 Å². The molecule has 0 heterocycles. The summed E-state index contributed by atoms with van der Waals surface area (Å²) in [6, 6.07) is 18.5. The van der Waals surface area contributed by atoms with Gasteiger partial charge in [-0.05, 0) is 36.6 Å². The lowest BCUT2D eigenvalue weighted by atomic mass is 10.0. The predicted molar refractivity (Wildman–Crippen MR) is 99.7 cm³/mol. The Hall–Kier alpha value is -2.13. The molecule has 0 aromatic heterocycles. The summed E-state index contributed by atoms with van der Waals surface area (Å²) in [7, 11) is 1.99. The lowest BCUT2D eigenvalue weighted by Crippen LogP contribution is -2.42. The van der Waals surface area contributed by atoms with Gasteiger partial charge < -0.3 is 5.32 Å². The molecule has 0 fully saturated rings. The molecule has 3 nitrogen and oxygen atoms in total. The van der Waals surface area contributed by atoms with Crippen LogP contribution < -0.4 is 5.32 Å². The molecule has 0 saturated heterocycles. The van der Waals surface area contributed by atoms with E-state index in [4.69, 9.17) is 0 Å². The Balaban J connectivity index is 1.86. The Morgan fingerprint density at radius 1 is 0.958 bits per heavy atom. The van der Waals surface area contributed by atoms with Gasteiger partial charge in [-0.15, -0.1) is 0 Å². The van der Waals surface area contributed by atoms with E-state index in [0.717, 1.165) is 12.1 Å². The zero-order valence-electron chi connectivity index (χ0n) is 15.1. The second kappa shape index (κ2) is 8.65. The number of likely N-dealkylation sites (N-methyl/N-ethyl adjacent to an activating group) is 1. The molecule has 0 aliphatic rings. The van der Waals surface area contributed by atoms with Crippen LogP contribution in [-0.4, -0.2) is 23.9 Å². The van der Waals surface area contributed by atoms with Crippen molar-refractivity contribution >= 4 is 5.91 Å². The van der Waals surface area contributed by atoms with Gasteiger partial charge in [-0.1, -0.05) is 68.4 Å². The number of carbonyl (C=O) groups is 1. The third-order valence-electron chi connectivity index (χ3n) is 4.43. The van der Waals surface area contributed by atoms with Crippen LogP contribution >= 0.6 is 0 Å². The van der Waals surface area contributed by atoms with Gasteiger partial charge in [0.05, 0.1) is 6.04 Å². The third kappa shape index (κ3) is 5.20. The molecule has 2 aromatic carbocycles. The van der Waals surface area contributed by atoms with Gasteiger partial charge >= 0.3 is 0 Å². The van der Waals surface area contributed by atoms with Crippen LogP contribution in [0.4, 0.5) is 0 Å². The number of hydrogen-bond acceptors (Lipinski definition) is 2. The molecule has 0 saturated carbocycles. The van der Waals surface area contributed by atoms with Crippen LogP contribution in [0.1, 0.15) is 43.4 Å². The Labute approximate surface area is 145 Å². The minimum Gasteiger partial charge on any atom is -0.351 e. The molecule has 0 aliphatic carbocycles. The first-order valence-electron chi connectivity index (χ1n) is 8.58. The molecular weight excluding hydrogens is 296 g/mol. The minimum absolute atomic E-state index is 0.0557. The number of benzene rings is 2. The smallest absolute Gasteiger partial charge is 0.237 e. The molecule has 1 N–H and O–H groups in total. The average Bonchev–Trinajstić information content (AvgIpc) is 2.60. The van der Waals surface area contributed by atoms with Crippen molar-refractivity contribution in [3.8, 4) is 0 Å². The highest BCUT2D eigenvalue weighted by Gasteiger charge is 2.17. The summed E-state index contributed by atoms with van der Waals surface area (Å²) in [5.41, 5.74) is 3.68. The van der Waals surface area contributed by atoms with Crippen molar-refractivity contribution in [2.75, 3.05) is 7.05 Å². The van der Waals surface area contributed by atoms with Crippen LogP contribution in [0.15, 0.2) is 54.6 Å². The first-order valence-corrected chi connectivity index (χ1v) is 8.58. The second-order valence-corrected chi connectivity index (χ2v) is 6.69. The van der Waals surface area contributed by atoms with Gasteiger partial charge in [0, 0.05) is 13.1 Å². The van der Waals surface area contributed by atoms with Crippen LogP contribution in [0, 0.1) is 0 Å². The molecule has 1 amide bonds. The van der Waals surface area contributed by atoms with Crippen LogP contribution in [0.2, 0.25) is 0 Å². The third-order valence-corrected chi connectivity index (χ3v) is 4.43. The van der Waals surface area contributed by atoms with E-state index in [1.807, 2.05) is 44.3 Å². The highest BCUT2D eigenvalue weighted by molar-refractivity contribution is 5.81. The monoisotopic (exact) mass is 324 g/mol. The van der Waals surface area contributed by atoms with E-state index in [0.29, 0.717) is 12.5 Å². The Bertz CT molecular complexity index is 635. The normalized spacial score (nSPS) is 12.4. The van der Waals surface area contributed by atoms with E-state index in [1.54, 1.807) is 0 Å². The molecule has 128 valence electrons. The molecule has 0 unspecified atom stereocenters. The Morgan fingerprint density at radius 2 is 1.58 bits per heavy atom. The van der Waals surface area contributed by atoms with E-state index >= 15 is 0 Å². The van der Waals surface area contributed by atoms with Crippen molar-refractivity contribution in [1.29, 1.82) is 0 Å². The number of nitrogens with zero attached hydrogens (tertiary/aromatic N) is 1. The van der Waals surface area contributed by atoms with Gasteiger partial charge in [-0.3, -0.25) is 9.69 Å². The van der Waals surface area contributed by atoms with Crippen molar-refractivity contribution in [2.24, 2.45) is 0 Å². The lowest BCUT2D eigenvalue weighted by molar-refractivity contribution is -0.125. The standard InChI is InChI=1S/C21H28N2O/c1-16(2)20-12-10-19(11-13-20)15-23(4)17(3)21(24)22-14-18-8-6-5-7-9-18/h5-13,16-17H,14-15H2,1-4H3,(H,22,24)/t17-/m1/s1. The molecule has 2 rings (SSSR count). The summed E-state index contributed by atoms with van der Waals surface area (Å²) in [6.07, 6.45) is 0. The van der Waals surface area contributed by atoms with Crippen LogP contribution in [0.3, 0.4) is 0 Å². The summed E-state index contributed by atoms with van der Waals surface area (Å²) in [6.45, 7) is 7.67. The fraction of sp³-hybridized carbons (Fsp3) is 0.381. The first-order chi connectivity index (χ1) is 11.5. The quantitative estimate of drug-likeness (QED) is 0.836. The minimum atomic E-state index is -0.168. The highest BCUT2D eigenvalue weighted by atomic mass is 16.2. The van der Waals surface area contributed by atoms with Gasteiger partial charge in [0.1, 0.15) is 0 Å². The van der Waals surface area contributed by atoms with Gasteiger partial charge in [-0.2, -0.15) is 0 Å². The molecule has 3 heteroatoms. The van der Waals surface area contributed by atoms with Crippen molar-refractivity contribution in [3.05, 3.63) is 71.3 Å². The number of amides is 1. The maximum absolute atomic E-state index is 12.3. The maximum atomic E-state index is 12.3. The van der Waals surface area contributed by atoms with Gasteiger partial charge in [-0.25, -0.2) is 0 Å². The highest BCUT2D eigenvalue weighted by Crippen LogP contribution is 2.16. The molecule has 0 bridgehead atoms. The summed E-state index contributed by atoms with van der Waals surface area (Å²) in [4.78, 5) is 14.4. The van der Waals surface area contributed by atoms with Crippen LogP contribution in [0.25, 0.3) is 0 Å². The van der Waals surface area contributed by atoms with E-state index in [-0.39, 0.29) is 11.9 Å². The van der Waals surface area contributed by atoms with Crippen molar-refractivity contribution in [1.82, 2.24) is 10.2 Å². The van der Waals surface area contributed by atoms with E-state index in [1.165, 1.54) is 11.1 Å². The summed E-state index contributed by atoms with van der Waals surface area (Å²) in [5.74, 6) is 0.597. The number of carbonyl (C=O) groups excluding carboxylic acids is 1. The molecule has 0 spiro atoms. The first kappa shape index (κ1) is 18.2. The second-order valence-electron chi connectivity index (χ2n) is 6.69. The van der Waals surface area contributed by atoms with Gasteiger partial charge in [0.25, 0.3) is 0 Å². The molecule has 24 heavy (non-hydrogen) atoms. The SMILES string of the molecule is CC(C)c1ccc(CN(C)[C@H](C)C(=O)NCc2ccccc2)cc1. The topological polar surface area (TPSA) is 32.3 Å². The summed E-state index contributed by atoms with van der Waals surface area (Å²) in [5, 5.41) is 3.01. The molecule has 0 radical (unpaired) electrons. The summed E-state index contributed by atoms with van der Waals surface area (Å²) >= 11 is 0. The predicted octanol–water partition coefficient (Wildman–Crippen LogP) is 3.95. The average molecular weight is 324 g/mol. The van der Waals surface area contributed by atoms with Crippen molar-refractivity contribution < 1.29 is 4.79 Å². The number of rotatable bonds is 7. The fourth-order valence-electron chi connectivity index (χ4n) is 2.57. The zero-order valence-corrected chi connectivity index (χ0v) is 15.1. The molecule has 2 aromatic rings. The molecule has 1 atom stereocenters. The van der Waals surface area contributed by atoms with Gasteiger partial charge in [0.2, 0.25) is 5.91 Å². The Morgan fingerprint density at radius 3 is 2.17 bits per heavy atom. The maximum Gasteiger partial charge on any atom is 0.237 e. The van der Waals surface area contributed by atoms with Crippen molar-refractivity contribution in [3.63, 3.8) is 0 Å². The van der Waals surface area contributed by atoms with Crippen LogP contribution in [0.5, 0.6) is 0 Å². The fourth-order valence-corrected chi connectivity index (χ4v) is 2.57. The molecular formula is C21H28N2O. The zero-order chi connectivity index (χ0) is 17.5. The van der Waals surface area contributed by atoms with Gasteiger partial charge in [0.15, 0.2) is 0 Å². The Kier molecular flexibility index (Phi) is 6.56. The van der Waals surface area contributed by atoms with E-state index in [2.05, 4.69) is 48.3 Å². The van der Waals surface area contributed by atoms with Crippen molar-refractivity contribution in [2.45, 2.75) is 45.8 Å².